The molecule has 0 saturated heterocycles. The van der Waals surface area contributed by atoms with Crippen molar-refractivity contribution in [3.63, 3.8) is 0 Å². The van der Waals surface area contributed by atoms with E-state index in [1.807, 2.05) is 18.5 Å². The number of methoxy groups -OCH3 is 1. The van der Waals surface area contributed by atoms with Gasteiger partial charge in [-0.15, -0.1) is 10.2 Å². The Hall–Kier alpha value is -1.63. The van der Waals surface area contributed by atoms with Crippen LogP contribution in [0.4, 0.5) is 0 Å². The molecule has 7 heteroatoms. The Bertz CT molecular complexity index is 374. The molecule has 0 spiro atoms. The summed E-state index contributed by atoms with van der Waals surface area (Å²) in [6.07, 6.45) is -0.263. The molecule has 0 radical (unpaired) electrons. The Morgan fingerprint density at radius 1 is 1.56 bits per heavy atom. The van der Waals surface area contributed by atoms with Crippen LogP contribution in [0.15, 0.2) is 5.16 Å². The van der Waals surface area contributed by atoms with Crippen molar-refractivity contribution in [1.82, 2.24) is 14.8 Å². The van der Waals surface area contributed by atoms with Crippen molar-refractivity contribution >= 4 is 5.84 Å². The third kappa shape index (κ3) is 2.93. The zero-order valence-electron chi connectivity index (χ0n) is 9.97. The third-order valence-electron chi connectivity index (χ3n) is 2.32. The van der Waals surface area contributed by atoms with Gasteiger partial charge >= 0.3 is 0 Å². The van der Waals surface area contributed by atoms with E-state index < -0.39 is 0 Å². The van der Waals surface area contributed by atoms with Crippen molar-refractivity contribution in [1.29, 1.82) is 0 Å². The number of aryl methyl sites for hydroxylation is 1. The van der Waals surface area contributed by atoms with Crippen LogP contribution in [-0.4, -0.2) is 33.8 Å². The minimum absolute atomic E-state index is 0.231. The molecule has 1 rings (SSSR count). The number of oxime groups is 1. The highest BCUT2D eigenvalue weighted by molar-refractivity contribution is 5.83. The van der Waals surface area contributed by atoms with Gasteiger partial charge in [-0.3, -0.25) is 0 Å². The highest BCUT2D eigenvalue weighted by Crippen LogP contribution is 2.00. The predicted molar refractivity (Wildman–Crippen MR) is 58.6 cm³/mol. The third-order valence-corrected chi connectivity index (χ3v) is 2.32. The van der Waals surface area contributed by atoms with Gasteiger partial charge in [-0.1, -0.05) is 5.16 Å². The van der Waals surface area contributed by atoms with Crippen LogP contribution in [0.3, 0.4) is 0 Å². The molecule has 0 aromatic carbocycles. The maximum Gasteiger partial charge on any atom is 0.176 e. The summed E-state index contributed by atoms with van der Waals surface area (Å²) in [5, 5.41) is 11.5. The van der Waals surface area contributed by atoms with E-state index in [2.05, 4.69) is 15.4 Å². The summed E-state index contributed by atoms with van der Waals surface area (Å²) >= 11 is 0. The summed E-state index contributed by atoms with van der Waals surface area (Å²) in [5.74, 6) is 1.81. The monoisotopic (exact) mass is 227 g/mol. The fourth-order valence-electron chi connectivity index (χ4n) is 0.936. The Morgan fingerprint density at radius 3 is 2.75 bits per heavy atom. The van der Waals surface area contributed by atoms with E-state index >= 15 is 0 Å². The molecule has 0 fully saturated rings. The molecule has 0 aliphatic carbocycles. The summed E-state index contributed by atoms with van der Waals surface area (Å²) in [7, 11) is 3.41. The molecule has 16 heavy (non-hydrogen) atoms. The van der Waals surface area contributed by atoms with E-state index in [0.29, 0.717) is 11.7 Å². The van der Waals surface area contributed by atoms with Crippen molar-refractivity contribution in [2.75, 3.05) is 7.11 Å². The first-order chi connectivity index (χ1) is 7.56. The molecule has 0 aliphatic heterocycles. The van der Waals surface area contributed by atoms with E-state index in [9.17, 15) is 0 Å². The van der Waals surface area contributed by atoms with Gasteiger partial charge in [0.1, 0.15) is 11.9 Å². The van der Waals surface area contributed by atoms with Crippen LogP contribution in [0.5, 0.6) is 0 Å². The minimum atomic E-state index is -0.263. The first kappa shape index (κ1) is 12.4. The average molecular weight is 227 g/mol. The Kier molecular flexibility index (Phi) is 4.24. The number of aromatic nitrogens is 3. The second kappa shape index (κ2) is 5.45. The van der Waals surface area contributed by atoms with Crippen LogP contribution >= 0.6 is 0 Å². The number of hydrogen-bond donors (Lipinski definition) is 1. The molecule has 0 saturated carbocycles. The summed E-state index contributed by atoms with van der Waals surface area (Å²) in [5.41, 5.74) is 5.59. The molecule has 1 heterocycles. The van der Waals surface area contributed by atoms with Crippen molar-refractivity contribution < 1.29 is 9.57 Å². The molecule has 0 bridgehead atoms. The first-order valence-electron chi connectivity index (χ1n) is 4.89. The number of rotatable bonds is 5. The zero-order valence-corrected chi connectivity index (χ0v) is 9.97. The average Bonchev–Trinajstić information content (AvgIpc) is 2.59. The number of ether oxygens (including phenoxy) is 1. The van der Waals surface area contributed by atoms with Gasteiger partial charge < -0.3 is 19.9 Å². The van der Waals surface area contributed by atoms with E-state index in [-0.39, 0.29) is 12.7 Å². The van der Waals surface area contributed by atoms with Crippen molar-refractivity contribution in [2.24, 2.45) is 17.9 Å². The van der Waals surface area contributed by atoms with Crippen molar-refractivity contribution in [2.45, 2.75) is 26.6 Å². The SMILES string of the molecule is COC(C)/C(N)=N/OCc1nnc(C)n1C. The number of hydrogen-bond acceptors (Lipinski definition) is 5. The minimum Gasteiger partial charge on any atom is -0.386 e. The first-order valence-corrected chi connectivity index (χ1v) is 4.89. The van der Waals surface area contributed by atoms with Gasteiger partial charge in [-0.05, 0) is 13.8 Å². The summed E-state index contributed by atoms with van der Waals surface area (Å²) in [6, 6.07) is 0. The molecular formula is C9H17N5O2. The maximum absolute atomic E-state index is 5.59. The fourth-order valence-corrected chi connectivity index (χ4v) is 0.936. The van der Waals surface area contributed by atoms with Gasteiger partial charge in [0.2, 0.25) is 0 Å². The van der Waals surface area contributed by atoms with Gasteiger partial charge in [0, 0.05) is 14.2 Å². The molecule has 7 nitrogen and oxygen atoms in total. The lowest BCUT2D eigenvalue weighted by Crippen LogP contribution is -2.28. The van der Waals surface area contributed by atoms with Crippen LogP contribution in [0.2, 0.25) is 0 Å². The normalized spacial score (nSPS) is 13.9. The second-order valence-electron chi connectivity index (χ2n) is 3.39. The summed E-state index contributed by atoms with van der Waals surface area (Å²) < 4.78 is 6.80. The van der Waals surface area contributed by atoms with E-state index in [1.165, 1.54) is 0 Å². The lowest BCUT2D eigenvalue weighted by molar-refractivity contribution is 0.111. The molecular weight excluding hydrogens is 210 g/mol. The Balaban J connectivity index is 2.50. The summed E-state index contributed by atoms with van der Waals surface area (Å²) in [4.78, 5) is 5.06. The number of amidine groups is 1. The Labute approximate surface area is 94.2 Å². The standard InChI is InChI=1S/C9H17N5O2/c1-6(15-4)9(10)13-16-5-8-12-11-7(2)14(8)3/h6H,5H2,1-4H3,(H2,10,13). The van der Waals surface area contributed by atoms with Gasteiger partial charge in [-0.2, -0.15) is 0 Å². The largest absolute Gasteiger partial charge is 0.386 e. The van der Waals surface area contributed by atoms with Crippen LogP contribution in [-0.2, 0) is 23.2 Å². The van der Waals surface area contributed by atoms with E-state index in [1.54, 1.807) is 14.0 Å². The molecule has 1 aromatic heterocycles. The summed E-state index contributed by atoms with van der Waals surface area (Å²) in [6.45, 7) is 3.88. The maximum atomic E-state index is 5.59. The second-order valence-corrected chi connectivity index (χ2v) is 3.39. The highest BCUT2D eigenvalue weighted by atomic mass is 16.6. The topological polar surface area (TPSA) is 87.6 Å². The van der Waals surface area contributed by atoms with Gasteiger partial charge in [-0.25, -0.2) is 0 Å². The lowest BCUT2D eigenvalue weighted by Gasteiger charge is -2.07. The van der Waals surface area contributed by atoms with Crippen LogP contribution < -0.4 is 5.73 Å². The fraction of sp³-hybridized carbons (Fsp3) is 0.667. The molecule has 2 N–H and O–H groups in total. The van der Waals surface area contributed by atoms with E-state index in [4.69, 9.17) is 15.3 Å². The Morgan fingerprint density at radius 2 is 2.25 bits per heavy atom. The number of nitrogens with zero attached hydrogens (tertiary/aromatic N) is 4. The van der Waals surface area contributed by atoms with Gasteiger partial charge in [0.15, 0.2) is 18.3 Å². The van der Waals surface area contributed by atoms with Gasteiger partial charge in [0.05, 0.1) is 0 Å². The van der Waals surface area contributed by atoms with Crippen LogP contribution in [0.1, 0.15) is 18.6 Å². The molecule has 1 aromatic rings. The quantitative estimate of drug-likeness (QED) is 0.433. The molecule has 0 aliphatic rings. The smallest absolute Gasteiger partial charge is 0.176 e. The predicted octanol–water partition coefficient (Wildman–Crippen LogP) is -0.0528. The zero-order chi connectivity index (χ0) is 12.1. The van der Waals surface area contributed by atoms with Crippen LogP contribution in [0, 0.1) is 6.92 Å². The van der Waals surface area contributed by atoms with Gasteiger partial charge in [0.25, 0.3) is 0 Å². The van der Waals surface area contributed by atoms with Crippen molar-refractivity contribution in [3.8, 4) is 0 Å². The van der Waals surface area contributed by atoms with E-state index in [0.717, 1.165) is 5.82 Å². The number of nitrogens with two attached hydrogens (primary N) is 1. The highest BCUT2D eigenvalue weighted by Gasteiger charge is 2.07. The van der Waals surface area contributed by atoms with Crippen LogP contribution in [0.25, 0.3) is 0 Å². The lowest BCUT2D eigenvalue weighted by atomic mass is 10.4. The molecule has 1 atom stereocenters. The molecule has 0 amide bonds. The molecule has 1 unspecified atom stereocenters. The molecule has 90 valence electrons. The van der Waals surface area contributed by atoms with Crippen molar-refractivity contribution in [3.05, 3.63) is 11.6 Å².